The van der Waals surface area contributed by atoms with Gasteiger partial charge in [0.25, 0.3) is 0 Å². The number of hydrogen-bond donors (Lipinski definition) is 1. The third kappa shape index (κ3) is 49.9. The van der Waals surface area contributed by atoms with Crippen LogP contribution in [0.5, 0.6) is 0 Å². The molecule has 9 fully saturated rings. The summed E-state index contributed by atoms with van der Waals surface area (Å²) in [4.78, 5) is 0. The van der Waals surface area contributed by atoms with Gasteiger partial charge in [-0.25, -0.2) is 0 Å². The van der Waals surface area contributed by atoms with E-state index in [2.05, 4.69) is 52.4 Å². The molecular weight excluding hydrogens is 795 g/mol. The van der Waals surface area contributed by atoms with E-state index < -0.39 is 0 Å². The van der Waals surface area contributed by atoms with Crippen molar-refractivity contribution in [3.05, 3.63) is 0 Å². The molecule has 9 aliphatic rings. The highest BCUT2D eigenvalue weighted by Crippen LogP contribution is 2.17. The van der Waals surface area contributed by atoms with E-state index in [1.165, 1.54) is 218 Å². The standard InChI is InChI=1S/C6H12O.C6H12S.C6H12.C5H11N.C5H10O.C5H10S.C4H8O2.C4H8OS.C4H8S2/c2*1-2-4-6-7-5-3-1;4*1-2-4-6-5-3-1;1-2-6-4-3-5-1;1-3-6-4-2-5-1;1-2-6-4-3-5-1/h2*1-6H2;1-6H2;6H,1-5H2;2*1-5H2;3*1-4H2. The van der Waals surface area contributed by atoms with Crippen molar-refractivity contribution in [1.82, 2.24) is 5.32 Å². The van der Waals surface area contributed by atoms with Gasteiger partial charge < -0.3 is 29.0 Å². The van der Waals surface area contributed by atoms with Crippen LogP contribution in [0.4, 0.5) is 0 Å². The molecule has 1 saturated carbocycles. The van der Waals surface area contributed by atoms with Crippen LogP contribution in [0.3, 0.4) is 0 Å². The molecule has 0 amide bonds. The minimum absolute atomic E-state index is 0.778. The van der Waals surface area contributed by atoms with Gasteiger partial charge in [-0.3, -0.25) is 0 Å². The molecule has 1 N–H and O–H groups in total. The molecule has 0 unspecified atom stereocenters. The van der Waals surface area contributed by atoms with E-state index in [0.29, 0.717) is 0 Å². The van der Waals surface area contributed by atoms with E-state index >= 15 is 0 Å². The fourth-order valence-corrected chi connectivity index (χ4v) is 11.3. The summed E-state index contributed by atoms with van der Waals surface area (Å²) >= 11 is 10.3. The fourth-order valence-electron chi connectivity index (χ4n) is 6.28. The number of hydrogen-bond acceptors (Lipinski definition) is 11. The van der Waals surface area contributed by atoms with Gasteiger partial charge >= 0.3 is 0 Å². The van der Waals surface area contributed by atoms with Crippen LogP contribution in [0.1, 0.15) is 148 Å². The summed E-state index contributed by atoms with van der Waals surface area (Å²) in [6, 6.07) is 0. The molecule has 8 saturated heterocycles. The highest BCUT2D eigenvalue weighted by atomic mass is 32.2. The van der Waals surface area contributed by atoms with Gasteiger partial charge in [0, 0.05) is 60.9 Å². The third-order valence-electron chi connectivity index (χ3n) is 9.75. The van der Waals surface area contributed by atoms with Crippen LogP contribution in [0.25, 0.3) is 0 Å². The monoisotopic (exact) mass is 886 g/mol. The molecule has 8 heterocycles. The summed E-state index contributed by atoms with van der Waals surface area (Å²) in [5.74, 6) is 13.6. The summed E-state index contributed by atoms with van der Waals surface area (Å²) in [6.45, 7) is 11.5. The lowest BCUT2D eigenvalue weighted by Gasteiger charge is -2.09. The molecule has 1 aliphatic carbocycles. The zero-order valence-electron chi connectivity index (χ0n) is 36.4. The molecular formula is C45H91NO5S5. The molecule has 9 rings (SSSR count). The predicted molar refractivity (Wildman–Crippen MR) is 260 cm³/mol. The van der Waals surface area contributed by atoms with Crippen LogP contribution in [0, 0.1) is 0 Å². The summed E-state index contributed by atoms with van der Waals surface area (Å²) in [5, 5.41) is 3.28. The SMILES string of the molecule is C1CCCCC1.C1CCCOCC1.C1CCCSCC1.C1CCNCC1.C1CCOCC1.C1CCSCC1.C1COCCO1.C1CSCCO1.C1CSCCS1. The molecule has 6 nitrogen and oxygen atoms in total. The maximum atomic E-state index is 5.19. The molecule has 0 aromatic carbocycles. The maximum absolute atomic E-state index is 5.19. The van der Waals surface area contributed by atoms with Crippen molar-refractivity contribution in [3.63, 3.8) is 0 Å². The Hall–Kier alpha value is 1.51. The van der Waals surface area contributed by atoms with Crippen molar-refractivity contribution in [2.24, 2.45) is 0 Å². The summed E-state index contributed by atoms with van der Waals surface area (Å²) < 4.78 is 25.2. The molecule has 0 bridgehead atoms. The van der Waals surface area contributed by atoms with Gasteiger partial charge in [0.15, 0.2) is 0 Å². The maximum Gasteiger partial charge on any atom is 0.0701 e. The molecule has 56 heavy (non-hydrogen) atoms. The Morgan fingerprint density at radius 2 is 0.446 bits per heavy atom. The smallest absolute Gasteiger partial charge is 0.0701 e. The summed E-state index contributed by atoms with van der Waals surface area (Å²) in [7, 11) is 0. The fraction of sp³-hybridized carbons (Fsp3) is 1.00. The van der Waals surface area contributed by atoms with Gasteiger partial charge in [0.1, 0.15) is 0 Å². The highest BCUT2D eigenvalue weighted by molar-refractivity contribution is 8.06. The van der Waals surface area contributed by atoms with Gasteiger partial charge in [0.05, 0.1) is 39.6 Å². The Morgan fingerprint density at radius 3 is 0.696 bits per heavy atom. The minimum Gasteiger partial charge on any atom is -0.381 e. The van der Waals surface area contributed by atoms with Gasteiger partial charge in [-0.05, 0) is 107 Å². The third-order valence-corrected chi connectivity index (χ3v) is 15.5. The van der Waals surface area contributed by atoms with Gasteiger partial charge in [-0.2, -0.15) is 58.8 Å². The normalized spacial score (nSPS) is 24.0. The van der Waals surface area contributed by atoms with Crippen LogP contribution < -0.4 is 5.32 Å². The number of thioether (sulfide) groups is 5. The first-order valence-electron chi connectivity index (χ1n) is 23.5. The summed E-state index contributed by atoms with van der Waals surface area (Å²) in [6.07, 6.45) is 32.7. The van der Waals surface area contributed by atoms with E-state index in [0.717, 1.165) is 66.1 Å². The van der Waals surface area contributed by atoms with Crippen LogP contribution in [-0.2, 0) is 23.7 Å². The first-order chi connectivity index (χ1) is 28.0. The quantitative estimate of drug-likeness (QED) is 0.253. The van der Waals surface area contributed by atoms with Crippen molar-refractivity contribution < 1.29 is 23.7 Å². The Bertz CT molecular complexity index is 426. The van der Waals surface area contributed by atoms with Crippen molar-refractivity contribution >= 4 is 58.8 Å². The summed E-state index contributed by atoms with van der Waals surface area (Å²) in [5.41, 5.74) is 0. The topological polar surface area (TPSA) is 58.2 Å². The molecule has 8 aliphatic heterocycles. The number of ether oxygens (including phenoxy) is 5. The Kier molecular flexibility index (Phi) is 52.2. The second kappa shape index (κ2) is 52.6. The first-order valence-corrected chi connectivity index (χ1v) is 29.3. The van der Waals surface area contributed by atoms with Gasteiger partial charge in [-0.15, -0.1) is 0 Å². The lowest BCUT2D eigenvalue weighted by molar-refractivity contribution is -0.0334. The van der Waals surface area contributed by atoms with E-state index in [1.807, 2.05) is 11.8 Å². The molecule has 0 spiro atoms. The van der Waals surface area contributed by atoms with Crippen LogP contribution in [0.2, 0.25) is 0 Å². The van der Waals surface area contributed by atoms with Crippen LogP contribution in [0.15, 0.2) is 0 Å². The molecule has 336 valence electrons. The Morgan fingerprint density at radius 1 is 0.196 bits per heavy atom. The number of nitrogens with one attached hydrogen (secondary N) is 1. The predicted octanol–water partition coefficient (Wildman–Crippen LogP) is 12.3. The number of rotatable bonds is 0. The lowest BCUT2D eigenvalue weighted by Crippen LogP contribution is -2.21. The van der Waals surface area contributed by atoms with E-state index in [1.54, 1.807) is 0 Å². The van der Waals surface area contributed by atoms with Crippen LogP contribution in [-0.4, -0.2) is 137 Å². The zero-order chi connectivity index (χ0) is 39.6. The van der Waals surface area contributed by atoms with Crippen molar-refractivity contribution in [2.75, 3.05) is 137 Å². The van der Waals surface area contributed by atoms with Gasteiger partial charge in [-0.1, -0.05) is 77.0 Å². The Labute approximate surface area is 370 Å². The van der Waals surface area contributed by atoms with Crippen molar-refractivity contribution in [1.29, 1.82) is 0 Å². The molecule has 0 aromatic heterocycles. The number of piperidine rings is 1. The molecule has 0 radical (unpaired) electrons. The Balaban J connectivity index is 0.000000315. The second-order valence-electron chi connectivity index (χ2n) is 15.0. The van der Waals surface area contributed by atoms with Crippen LogP contribution >= 0.6 is 58.8 Å². The highest BCUT2D eigenvalue weighted by Gasteiger charge is 2.00. The average Bonchev–Trinajstić information content (AvgIpc) is 3.84. The largest absolute Gasteiger partial charge is 0.381 e. The second-order valence-corrected chi connectivity index (χ2v) is 21.1. The molecule has 0 aromatic rings. The lowest BCUT2D eigenvalue weighted by atomic mass is 10.0. The van der Waals surface area contributed by atoms with Crippen molar-refractivity contribution in [3.8, 4) is 0 Å². The van der Waals surface area contributed by atoms with E-state index in [4.69, 9.17) is 23.7 Å². The van der Waals surface area contributed by atoms with E-state index in [-0.39, 0.29) is 0 Å². The van der Waals surface area contributed by atoms with Gasteiger partial charge in [0.2, 0.25) is 0 Å². The minimum atomic E-state index is 0.778. The van der Waals surface area contributed by atoms with E-state index in [9.17, 15) is 0 Å². The average molecular weight is 887 g/mol. The zero-order valence-corrected chi connectivity index (χ0v) is 40.5. The van der Waals surface area contributed by atoms with Crippen molar-refractivity contribution in [2.45, 2.75) is 148 Å². The molecule has 0 atom stereocenters. The molecule has 11 heteroatoms. The first kappa shape index (κ1) is 55.5.